The van der Waals surface area contributed by atoms with Gasteiger partial charge in [-0.15, -0.1) is 0 Å². The van der Waals surface area contributed by atoms with Crippen LogP contribution in [0.2, 0.25) is 0 Å². The van der Waals surface area contributed by atoms with Crippen LogP contribution in [0.3, 0.4) is 0 Å². The molecule has 2 atom stereocenters. The SMILES string of the molecule is CC[C@H](/C=C/C(O)CCCCc1ccccc1)NC. The number of aliphatic hydroxyl groups is 1. The van der Waals surface area contributed by atoms with Gasteiger partial charge in [-0.25, -0.2) is 0 Å². The molecular weight excluding hydrogens is 234 g/mol. The fraction of sp³-hybridized carbons (Fsp3) is 0.529. The maximum absolute atomic E-state index is 9.87. The van der Waals surface area contributed by atoms with Crippen molar-refractivity contribution in [3.8, 4) is 0 Å². The molecule has 0 fully saturated rings. The molecule has 0 amide bonds. The molecule has 0 aliphatic carbocycles. The number of aliphatic hydroxyl groups excluding tert-OH is 1. The predicted octanol–water partition coefficient (Wildman–Crippen LogP) is 3.31. The molecule has 1 aromatic rings. The normalized spacial score (nSPS) is 14.7. The second-order valence-electron chi connectivity index (χ2n) is 4.99. The molecule has 1 aromatic carbocycles. The lowest BCUT2D eigenvalue weighted by Crippen LogP contribution is -2.21. The molecule has 0 bridgehead atoms. The lowest BCUT2D eigenvalue weighted by atomic mass is 10.0. The molecule has 1 unspecified atom stereocenters. The van der Waals surface area contributed by atoms with E-state index in [2.05, 4.69) is 42.6 Å². The molecule has 2 nitrogen and oxygen atoms in total. The predicted molar refractivity (Wildman–Crippen MR) is 82.3 cm³/mol. The van der Waals surface area contributed by atoms with Crippen LogP contribution in [0.1, 0.15) is 38.2 Å². The second kappa shape index (κ2) is 9.76. The second-order valence-corrected chi connectivity index (χ2v) is 4.99. The summed E-state index contributed by atoms with van der Waals surface area (Å²) in [6.45, 7) is 2.14. The summed E-state index contributed by atoms with van der Waals surface area (Å²) in [5.74, 6) is 0. The molecule has 0 aliphatic rings. The summed E-state index contributed by atoms with van der Waals surface area (Å²) in [6.07, 6.45) is 8.89. The number of hydrogen-bond donors (Lipinski definition) is 2. The summed E-state index contributed by atoms with van der Waals surface area (Å²) < 4.78 is 0. The maximum atomic E-state index is 9.87. The van der Waals surface area contributed by atoms with Crippen LogP contribution in [0.4, 0.5) is 0 Å². The molecule has 0 aromatic heterocycles. The van der Waals surface area contributed by atoms with Crippen molar-refractivity contribution in [3.63, 3.8) is 0 Å². The third-order valence-electron chi connectivity index (χ3n) is 3.43. The van der Waals surface area contributed by atoms with Crippen molar-refractivity contribution in [1.29, 1.82) is 0 Å². The van der Waals surface area contributed by atoms with Gasteiger partial charge in [0.05, 0.1) is 6.10 Å². The van der Waals surface area contributed by atoms with Gasteiger partial charge >= 0.3 is 0 Å². The summed E-state index contributed by atoms with van der Waals surface area (Å²) in [6, 6.07) is 10.9. The van der Waals surface area contributed by atoms with Crippen molar-refractivity contribution in [1.82, 2.24) is 5.32 Å². The van der Waals surface area contributed by atoms with Crippen LogP contribution in [-0.2, 0) is 6.42 Å². The first kappa shape index (κ1) is 15.9. The van der Waals surface area contributed by atoms with Crippen LogP contribution in [-0.4, -0.2) is 24.3 Å². The lowest BCUT2D eigenvalue weighted by Gasteiger charge is -2.10. The minimum Gasteiger partial charge on any atom is -0.389 e. The van der Waals surface area contributed by atoms with Gasteiger partial charge in [-0.2, -0.15) is 0 Å². The zero-order chi connectivity index (χ0) is 13.9. The number of likely N-dealkylation sites (N-methyl/N-ethyl adjacent to an activating group) is 1. The van der Waals surface area contributed by atoms with E-state index in [-0.39, 0.29) is 6.10 Å². The van der Waals surface area contributed by atoms with Gasteiger partial charge < -0.3 is 10.4 Å². The highest BCUT2D eigenvalue weighted by Crippen LogP contribution is 2.08. The molecule has 2 N–H and O–H groups in total. The average molecular weight is 261 g/mol. The Morgan fingerprint density at radius 3 is 2.53 bits per heavy atom. The van der Waals surface area contributed by atoms with Gasteiger partial charge in [-0.3, -0.25) is 0 Å². The van der Waals surface area contributed by atoms with E-state index in [0.717, 1.165) is 32.1 Å². The highest BCUT2D eigenvalue weighted by molar-refractivity contribution is 5.14. The number of hydrogen-bond acceptors (Lipinski definition) is 2. The molecular formula is C17H27NO. The molecule has 106 valence electrons. The minimum absolute atomic E-state index is 0.307. The van der Waals surface area contributed by atoms with E-state index in [9.17, 15) is 5.11 Å². The third-order valence-corrected chi connectivity index (χ3v) is 3.43. The van der Waals surface area contributed by atoms with E-state index in [1.54, 1.807) is 0 Å². The Hall–Kier alpha value is -1.12. The summed E-state index contributed by atoms with van der Waals surface area (Å²) in [5, 5.41) is 13.1. The summed E-state index contributed by atoms with van der Waals surface area (Å²) in [4.78, 5) is 0. The standard InChI is InChI=1S/C17H27NO/c1-3-16(18-2)13-14-17(19)12-8-7-11-15-9-5-4-6-10-15/h4-6,9-10,13-14,16-19H,3,7-8,11-12H2,1-2H3/b14-13+/t16-,17?/m1/s1. The van der Waals surface area contributed by atoms with E-state index < -0.39 is 0 Å². The van der Waals surface area contributed by atoms with Crippen molar-refractivity contribution in [2.24, 2.45) is 0 Å². The largest absolute Gasteiger partial charge is 0.389 e. The third kappa shape index (κ3) is 7.14. The smallest absolute Gasteiger partial charge is 0.0721 e. The van der Waals surface area contributed by atoms with Gasteiger partial charge in [-0.05, 0) is 38.3 Å². The van der Waals surface area contributed by atoms with Gasteiger partial charge in [0.2, 0.25) is 0 Å². The Morgan fingerprint density at radius 2 is 1.89 bits per heavy atom. The van der Waals surface area contributed by atoms with Gasteiger partial charge in [0.25, 0.3) is 0 Å². The Bertz CT molecular complexity index is 344. The van der Waals surface area contributed by atoms with Crippen molar-refractivity contribution < 1.29 is 5.11 Å². The van der Waals surface area contributed by atoms with Crippen LogP contribution < -0.4 is 5.32 Å². The number of nitrogens with one attached hydrogen (secondary N) is 1. The Kier molecular flexibility index (Phi) is 8.19. The van der Waals surface area contributed by atoms with Crippen LogP contribution in [0.15, 0.2) is 42.5 Å². The maximum Gasteiger partial charge on any atom is 0.0721 e. The van der Waals surface area contributed by atoms with Gasteiger partial charge in [0.15, 0.2) is 0 Å². The molecule has 0 saturated carbocycles. The number of benzene rings is 1. The fourth-order valence-electron chi connectivity index (χ4n) is 2.12. The number of unbranched alkanes of at least 4 members (excludes halogenated alkanes) is 1. The van der Waals surface area contributed by atoms with Crippen LogP contribution in [0, 0.1) is 0 Å². The Balaban J connectivity index is 2.15. The van der Waals surface area contributed by atoms with Crippen molar-refractivity contribution in [2.45, 2.75) is 51.2 Å². The molecule has 0 aliphatic heterocycles. The average Bonchev–Trinajstić information content (AvgIpc) is 2.46. The van der Waals surface area contributed by atoms with E-state index in [1.165, 1.54) is 5.56 Å². The first-order valence-corrected chi connectivity index (χ1v) is 7.33. The van der Waals surface area contributed by atoms with Gasteiger partial charge in [0.1, 0.15) is 0 Å². The van der Waals surface area contributed by atoms with E-state index in [4.69, 9.17) is 0 Å². The summed E-state index contributed by atoms with van der Waals surface area (Å²) >= 11 is 0. The van der Waals surface area contributed by atoms with E-state index >= 15 is 0 Å². The Morgan fingerprint density at radius 1 is 1.16 bits per heavy atom. The fourth-order valence-corrected chi connectivity index (χ4v) is 2.12. The first-order valence-electron chi connectivity index (χ1n) is 7.33. The summed E-state index contributed by atoms with van der Waals surface area (Å²) in [7, 11) is 1.95. The molecule has 0 saturated heterocycles. The molecule has 1 rings (SSSR count). The minimum atomic E-state index is -0.307. The highest BCUT2D eigenvalue weighted by atomic mass is 16.3. The topological polar surface area (TPSA) is 32.3 Å². The zero-order valence-electron chi connectivity index (χ0n) is 12.2. The summed E-state index contributed by atoms with van der Waals surface area (Å²) in [5.41, 5.74) is 1.38. The van der Waals surface area contributed by atoms with Crippen molar-refractivity contribution in [2.75, 3.05) is 7.05 Å². The highest BCUT2D eigenvalue weighted by Gasteiger charge is 2.02. The number of rotatable bonds is 9. The van der Waals surface area contributed by atoms with Crippen LogP contribution in [0.25, 0.3) is 0 Å². The van der Waals surface area contributed by atoms with E-state index in [0.29, 0.717) is 6.04 Å². The number of aryl methyl sites for hydroxylation is 1. The molecule has 0 spiro atoms. The molecule has 0 heterocycles. The molecule has 2 heteroatoms. The van der Waals surface area contributed by atoms with Crippen molar-refractivity contribution >= 4 is 0 Å². The molecule has 19 heavy (non-hydrogen) atoms. The zero-order valence-corrected chi connectivity index (χ0v) is 12.2. The molecule has 0 radical (unpaired) electrons. The monoisotopic (exact) mass is 261 g/mol. The lowest BCUT2D eigenvalue weighted by molar-refractivity contribution is 0.208. The first-order chi connectivity index (χ1) is 9.26. The van der Waals surface area contributed by atoms with Crippen molar-refractivity contribution in [3.05, 3.63) is 48.0 Å². The van der Waals surface area contributed by atoms with Crippen LogP contribution >= 0.6 is 0 Å². The van der Waals surface area contributed by atoms with Gasteiger partial charge in [0, 0.05) is 6.04 Å². The van der Waals surface area contributed by atoms with Gasteiger partial charge in [-0.1, -0.05) is 55.8 Å². The van der Waals surface area contributed by atoms with E-state index in [1.807, 2.05) is 19.2 Å². The Labute approximate surface area is 117 Å². The quantitative estimate of drug-likeness (QED) is 0.528. The van der Waals surface area contributed by atoms with Crippen LogP contribution in [0.5, 0.6) is 0 Å².